The van der Waals surface area contributed by atoms with Crippen LogP contribution in [0.2, 0.25) is 0 Å². The molecule has 1 amide bonds. The smallest absolute Gasteiger partial charge is 0.408 e. The Morgan fingerprint density at radius 1 is 1.15 bits per heavy atom. The van der Waals surface area contributed by atoms with E-state index in [9.17, 15) is 9.18 Å². The number of fused-ring (bicyclic) bond motifs is 1. The molecule has 2 heterocycles. The number of hydrogen-bond acceptors (Lipinski definition) is 6. The van der Waals surface area contributed by atoms with Crippen LogP contribution in [0.15, 0.2) is 64.4 Å². The van der Waals surface area contributed by atoms with Crippen LogP contribution in [-0.2, 0) is 16.9 Å². The molecule has 0 radical (unpaired) electrons. The largest absolute Gasteiger partial charge is 0.444 e. The van der Waals surface area contributed by atoms with Crippen LogP contribution in [0, 0.1) is 5.82 Å². The summed E-state index contributed by atoms with van der Waals surface area (Å²) in [7, 11) is 0. The second kappa shape index (κ2) is 9.66. The van der Waals surface area contributed by atoms with Gasteiger partial charge in [-0.3, -0.25) is 0 Å². The first-order valence-electron chi connectivity index (χ1n) is 10.5. The zero-order valence-corrected chi connectivity index (χ0v) is 19.4. The molecule has 1 atom stereocenters. The highest BCUT2D eigenvalue weighted by molar-refractivity contribution is 7.98. The molecule has 2 aromatic heterocycles. The maximum Gasteiger partial charge on any atom is 0.408 e. The highest BCUT2D eigenvalue weighted by atomic mass is 32.2. The van der Waals surface area contributed by atoms with E-state index in [2.05, 4.69) is 20.5 Å². The molecule has 9 heteroatoms. The van der Waals surface area contributed by atoms with Crippen molar-refractivity contribution >= 4 is 28.8 Å². The van der Waals surface area contributed by atoms with E-state index in [1.54, 1.807) is 39.0 Å². The lowest BCUT2D eigenvalue weighted by molar-refractivity contribution is 0.0494. The molecule has 33 heavy (non-hydrogen) atoms. The highest BCUT2D eigenvalue weighted by Gasteiger charge is 2.26. The summed E-state index contributed by atoms with van der Waals surface area (Å²) in [4.78, 5) is 15.7. The first kappa shape index (κ1) is 22.8. The van der Waals surface area contributed by atoms with Crippen molar-refractivity contribution in [2.24, 2.45) is 0 Å². The van der Waals surface area contributed by atoms with Crippen molar-refractivity contribution in [1.29, 1.82) is 0 Å². The van der Waals surface area contributed by atoms with Crippen LogP contribution in [0.3, 0.4) is 0 Å². The number of alkyl carbamates (subject to hydrolysis) is 1. The highest BCUT2D eigenvalue weighted by Crippen LogP contribution is 2.28. The van der Waals surface area contributed by atoms with Crippen LogP contribution in [0.5, 0.6) is 0 Å². The molecule has 2 aromatic carbocycles. The molecule has 7 nitrogen and oxygen atoms in total. The summed E-state index contributed by atoms with van der Waals surface area (Å²) in [6.07, 6.45) is 1.74. The van der Waals surface area contributed by atoms with E-state index in [0.717, 1.165) is 16.5 Å². The Morgan fingerprint density at radius 2 is 1.91 bits per heavy atom. The van der Waals surface area contributed by atoms with Crippen molar-refractivity contribution < 1.29 is 18.3 Å². The number of amides is 1. The Labute approximate surface area is 195 Å². The van der Waals surface area contributed by atoms with Crippen LogP contribution in [0.25, 0.3) is 10.9 Å². The topological polar surface area (TPSA) is 93.0 Å². The molecular weight excluding hydrogens is 443 g/mol. The Balaban J connectivity index is 1.54. The number of thioether (sulfide) groups is 1. The summed E-state index contributed by atoms with van der Waals surface area (Å²) in [6, 6.07) is 13.9. The molecule has 0 spiro atoms. The van der Waals surface area contributed by atoms with Crippen molar-refractivity contribution in [3.05, 3.63) is 77.6 Å². The van der Waals surface area contributed by atoms with Gasteiger partial charge in [-0.15, -0.1) is 10.2 Å². The molecule has 172 valence electrons. The number of para-hydroxylation sites is 1. The van der Waals surface area contributed by atoms with Crippen LogP contribution in [0.4, 0.5) is 9.18 Å². The van der Waals surface area contributed by atoms with E-state index in [0.29, 0.717) is 23.0 Å². The second-order valence-electron chi connectivity index (χ2n) is 8.55. The van der Waals surface area contributed by atoms with Crippen molar-refractivity contribution in [1.82, 2.24) is 20.5 Å². The van der Waals surface area contributed by atoms with Crippen molar-refractivity contribution in [2.75, 3.05) is 0 Å². The van der Waals surface area contributed by atoms with Gasteiger partial charge in [-0.05, 0) is 44.0 Å². The third-order valence-corrected chi connectivity index (χ3v) is 5.69. The van der Waals surface area contributed by atoms with Crippen molar-refractivity contribution in [2.45, 2.75) is 49.8 Å². The molecule has 2 N–H and O–H groups in total. The monoisotopic (exact) mass is 468 g/mol. The zero-order valence-electron chi connectivity index (χ0n) is 18.6. The molecule has 0 aliphatic heterocycles. The van der Waals surface area contributed by atoms with E-state index in [4.69, 9.17) is 9.15 Å². The third kappa shape index (κ3) is 5.92. The van der Waals surface area contributed by atoms with Crippen LogP contribution in [-0.4, -0.2) is 26.9 Å². The number of rotatable bonds is 7. The molecule has 0 saturated carbocycles. The number of hydrogen-bond donors (Lipinski definition) is 2. The summed E-state index contributed by atoms with van der Waals surface area (Å²) >= 11 is 1.23. The molecule has 0 unspecified atom stereocenters. The van der Waals surface area contributed by atoms with Gasteiger partial charge >= 0.3 is 6.09 Å². The Bertz CT molecular complexity index is 1250. The fourth-order valence-electron chi connectivity index (χ4n) is 3.34. The summed E-state index contributed by atoms with van der Waals surface area (Å²) < 4.78 is 25.2. The SMILES string of the molecule is CC(C)(C)OC(=O)N[C@H](Cc1c[nH]c2ccccc12)c1nnc(SCc2ccccc2F)o1. The Kier molecular flexibility index (Phi) is 6.69. The number of aromatic nitrogens is 3. The van der Waals surface area contributed by atoms with Gasteiger partial charge in [0, 0.05) is 29.3 Å². The first-order valence-corrected chi connectivity index (χ1v) is 11.5. The minimum Gasteiger partial charge on any atom is -0.444 e. The van der Waals surface area contributed by atoms with Gasteiger partial charge in [0.15, 0.2) is 0 Å². The van der Waals surface area contributed by atoms with Gasteiger partial charge in [0.1, 0.15) is 17.5 Å². The second-order valence-corrected chi connectivity index (χ2v) is 9.48. The van der Waals surface area contributed by atoms with Gasteiger partial charge in [0.05, 0.1) is 0 Å². The zero-order chi connectivity index (χ0) is 23.4. The number of carbonyl (C=O) groups is 1. The summed E-state index contributed by atoms with van der Waals surface area (Å²) in [5, 5.41) is 12.4. The summed E-state index contributed by atoms with van der Waals surface area (Å²) in [6.45, 7) is 5.39. The molecule has 4 rings (SSSR count). The first-order chi connectivity index (χ1) is 15.8. The number of aromatic amines is 1. The number of nitrogens with one attached hydrogen (secondary N) is 2. The van der Waals surface area contributed by atoms with E-state index in [-0.39, 0.29) is 11.7 Å². The van der Waals surface area contributed by atoms with Gasteiger partial charge in [0.2, 0.25) is 5.89 Å². The van der Waals surface area contributed by atoms with E-state index in [1.807, 2.05) is 30.5 Å². The predicted molar refractivity (Wildman–Crippen MR) is 124 cm³/mol. The molecule has 0 aliphatic carbocycles. The fraction of sp³-hybridized carbons (Fsp3) is 0.292. The number of benzene rings is 2. The van der Waals surface area contributed by atoms with Gasteiger partial charge in [-0.25, -0.2) is 9.18 Å². The molecule has 0 aliphatic rings. The van der Waals surface area contributed by atoms with Crippen LogP contribution < -0.4 is 5.32 Å². The van der Waals surface area contributed by atoms with Crippen LogP contribution in [0.1, 0.15) is 43.8 Å². The fourth-order valence-corrected chi connectivity index (χ4v) is 4.10. The normalized spacial score (nSPS) is 12.6. The lowest BCUT2D eigenvalue weighted by Crippen LogP contribution is -2.36. The molecule has 0 bridgehead atoms. The van der Waals surface area contributed by atoms with Crippen molar-refractivity contribution in [3.63, 3.8) is 0 Å². The van der Waals surface area contributed by atoms with Gasteiger partial charge in [-0.1, -0.05) is 48.2 Å². The Morgan fingerprint density at radius 3 is 2.70 bits per heavy atom. The quantitative estimate of drug-likeness (QED) is 0.334. The lowest BCUT2D eigenvalue weighted by Gasteiger charge is -2.22. The van der Waals surface area contributed by atoms with E-state index in [1.165, 1.54) is 17.8 Å². The Hall–Kier alpha value is -3.33. The minimum absolute atomic E-state index is 0.252. The number of carbonyl (C=O) groups excluding carboxylic acids is 1. The average molecular weight is 469 g/mol. The maximum atomic E-state index is 13.9. The third-order valence-electron chi connectivity index (χ3n) is 4.82. The standard InChI is InChI=1S/C24H25FN4O3S/c1-24(2,3)32-22(30)27-20(12-16-13-26-19-11-7-5-9-17(16)19)21-28-29-23(31-21)33-14-15-8-4-6-10-18(15)25/h4-11,13,20,26H,12,14H2,1-3H3,(H,27,30)/t20-/m1/s1. The molecule has 0 saturated heterocycles. The predicted octanol–water partition coefficient (Wildman–Crippen LogP) is 5.79. The van der Waals surface area contributed by atoms with E-state index < -0.39 is 17.7 Å². The molecule has 4 aromatic rings. The van der Waals surface area contributed by atoms with Gasteiger partial charge in [-0.2, -0.15) is 0 Å². The number of nitrogens with zero attached hydrogens (tertiary/aromatic N) is 2. The van der Waals surface area contributed by atoms with Gasteiger partial charge in [0.25, 0.3) is 5.22 Å². The molecule has 0 fully saturated rings. The van der Waals surface area contributed by atoms with Crippen molar-refractivity contribution in [3.8, 4) is 0 Å². The minimum atomic E-state index is -0.648. The average Bonchev–Trinajstić information content (AvgIpc) is 3.39. The number of halogens is 1. The van der Waals surface area contributed by atoms with Gasteiger partial charge < -0.3 is 19.5 Å². The maximum absolute atomic E-state index is 13.9. The number of H-pyrrole nitrogens is 1. The summed E-state index contributed by atoms with van der Waals surface area (Å²) in [5.74, 6) is 0.316. The van der Waals surface area contributed by atoms with Crippen LogP contribution >= 0.6 is 11.8 Å². The summed E-state index contributed by atoms with van der Waals surface area (Å²) in [5.41, 5.74) is 1.88. The van der Waals surface area contributed by atoms with E-state index >= 15 is 0 Å². The lowest BCUT2D eigenvalue weighted by atomic mass is 10.1. The number of ether oxygens (including phenoxy) is 1. The molecular formula is C24H25FN4O3S.